The third kappa shape index (κ3) is 8.32. The molecule has 3 aromatic rings. The van der Waals surface area contributed by atoms with Crippen LogP contribution in [0.5, 0.6) is 17.2 Å². The lowest BCUT2D eigenvalue weighted by Gasteiger charge is -2.12. The molecular formula is C27H28ClN3O5. The number of carbonyl (C=O) groups excluding carboxylic acids is 2. The van der Waals surface area contributed by atoms with E-state index in [0.29, 0.717) is 53.2 Å². The molecule has 0 aromatic heterocycles. The Morgan fingerprint density at radius 2 is 1.61 bits per heavy atom. The first kappa shape index (κ1) is 26.6. The molecule has 0 radical (unpaired) electrons. The highest BCUT2D eigenvalue weighted by atomic mass is 35.5. The number of rotatable bonds is 12. The fraction of sp³-hybridized carbons (Fsp3) is 0.222. The Balaban J connectivity index is 1.50. The van der Waals surface area contributed by atoms with E-state index in [1.54, 1.807) is 42.5 Å². The Morgan fingerprint density at radius 3 is 2.31 bits per heavy atom. The summed E-state index contributed by atoms with van der Waals surface area (Å²) >= 11 is 5.92. The van der Waals surface area contributed by atoms with Crippen molar-refractivity contribution in [1.29, 1.82) is 0 Å². The molecule has 0 fully saturated rings. The number of amides is 2. The molecule has 0 saturated carbocycles. The van der Waals surface area contributed by atoms with Crippen LogP contribution < -0.4 is 25.0 Å². The van der Waals surface area contributed by atoms with Crippen LogP contribution in [0.15, 0.2) is 71.8 Å². The minimum absolute atomic E-state index is 0.217. The smallest absolute Gasteiger partial charge is 0.259 e. The van der Waals surface area contributed by atoms with Crippen LogP contribution in [0.2, 0.25) is 5.02 Å². The molecule has 36 heavy (non-hydrogen) atoms. The van der Waals surface area contributed by atoms with Crippen LogP contribution >= 0.6 is 11.6 Å². The van der Waals surface area contributed by atoms with Gasteiger partial charge in [0.2, 0.25) is 0 Å². The van der Waals surface area contributed by atoms with Crippen molar-refractivity contribution in [2.45, 2.75) is 20.5 Å². The van der Waals surface area contributed by atoms with Crippen molar-refractivity contribution in [2.24, 2.45) is 5.10 Å². The molecular weight excluding hydrogens is 482 g/mol. The minimum atomic E-state index is -0.460. The van der Waals surface area contributed by atoms with Crippen LogP contribution in [0.25, 0.3) is 0 Å². The standard InChI is InChI=1S/C27H28ClN3O5/c1-3-34-23-12-8-21(9-13-23)27(33)29-17-26(32)31-30-16-20-7-14-24(25(15-20)35-4-2)36-18-19-5-10-22(28)11-6-19/h5-16H,3-4,17-18H2,1-2H3,(H,29,33)(H,31,32). The predicted octanol–water partition coefficient (Wildman–Crippen LogP) is 4.60. The molecule has 0 unspecified atom stereocenters. The number of nitrogens with zero attached hydrogens (tertiary/aromatic N) is 1. The molecule has 3 rings (SSSR count). The van der Waals surface area contributed by atoms with Crippen LogP contribution in [-0.4, -0.2) is 37.8 Å². The molecule has 0 spiro atoms. The van der Waals surface area contributed by atoms with Crippen molar-refractivity contribution in [1.82, 2.24) is 10.7 Å². The second-order valence-electron chi connectivity index (χ2n) is 7.49. The van der Waals surface area contributed by atoms with Crippen LogP contribution in [0.1, 0.15) is 35.3 Å². The molecule has 0 aliphatic heterocycles. The van der Waals surface area contributed by atoms with Crippen molar-refractivity contribution in [2.75, 3.05) is 19.8 Å². The van der Waals surface area contributed by atoms with E-state index in [9.17, 15) is 9.59 Å². The fourth-order valence-electron chi connectivity index (χ4n) is 3.08. The summed E-state index contributed by atoms with van der Waals surface area (Å²) in [7, 11) is 0. The van der Waals surface area contributed by atoms with Gasteiger partial charge in [-0.1, -0.05) is 23.7 Å². The predicted molar refractivity (Wildman–Crippen MR) is 139 cm³/mol. The van der Waals surface area contributed by atoms with Gasteiger partial charge in [0.05, 0.1) is 26.0 Å². The van der Waals surface area contributed by atoms with Gasteiger partial charge in [0.1, 0.15) is 12.4 Å². The van der Waals surface area contributed by atoms with Crippen molar-refractivity contribution in [3.63, 3.8) is 0 Å². The molecule has 8 nitrogen and oxygen atoms in total. The highest BCUT2D eigenvalue weighted by molar-refractivity contribution is 6.30. The Hall–Kier alpha value is -4.04. The van der Waals surface area contributed by atoms with Gasteiger partial charge in [-0.3, -0.25) is 9.59 Å². The largest absolute Gasteiger partial charge is 0.494 e. The van der Waals surface area contributed by atoms with E-state index in [1.165, 1.54) is 6.21 Å². The first-order valence-electron chi connectivity index (χ1n) is 11.5. The molecule has 0 heterocycles. The van der Waals surface area contributed by atoms with Gasteiger partial charge in [-0.2, -0.15) is 5.10 Å². The lowest BCUT2D eigenvalue weighted by molar-refractivity contribution is -0.120. The average molecular weight is 510 g/mol. The molecule has 9 heteroatoms. The van der Waals surface area contributed by atoms with Gasteiger partial charge in [0, 0.05) is 10.6 Å². The van der Waals surface area contributed by atoms with E-state index in [1.807, 2.05) is 38.1 Å². The number of carbonyl (C=O) groups is 2. The zero-order valence-corrected chi connectivity index (χ0v) is 20.9. The van der Waals surface area contributed by atoms with Gasteiger partial charge in [0.15, 0.2) is 11.5 Å². The third-order valence-electron chi connectivity index (χ3n) is 4.82. The van der Waals surface area contributed by atoms with Crippen molar-refractivity contribution < 1.29 is 23.8 Å². The molecule has 2 amide bonds. The SMILES string of the molecule is CCOc1ccc(C(=O)NCC(=O)NN=Cc2ccc(OCc3ccc(Cl)cc3)c(OCC)c2)cc1. The molecule has 3 aromatic carbocycles. The molecule has 0 bridgehead atoms. The van der Waals surface area contributed by atoms with Gasteiger partial charge >= 0.3 is 0 Å². The number of nitrogens with one attached hydrogen (secondary N) is 2. The Bertz CT molecular complexity index is 1180. The summed E-state index contributed by atoms with van der Waals surface area (Å²) in [5.41, 5.74) is 4.50. The normalized spacial score (nSPS) is 10.6. The summed E-state index contributed by atoms with van der Waals surface area (Å²) < 4.78 is 16.9. The summed E-state index contributed by atoms with van der Waals surface area (Å²) in [5, 5.41) is 7.18. The molecule has 188 valence electrons. The molecule has 0 saturated heterocycles. The van der Waals surface area contributed by atoms with Crippen molar-refractivity contribution in [3.8, 4) is 17.2 Å². The number of hydrogen-bond acceptors (Lipinski definition) is 6. The molecule has 2 N–H and O–H groups in total. The summed E-state index contributed by atoms with van der Waals surface area (Å²) in [6, 6.07) is 19.4. The van der Waals surface area contributed by atoms with Crippen LogP contribution in [0.4, 0.5) is 0 Å². The maximum Gasteiger partial charge on any atom is 0.259 e. The minimum Gasteiger partial charge on any atom is -0.494 e. The number of ether oxygens (including phenoxy) is 3. The van der Waals surface area contributed by atoms with Crippen LogP contribution in [0.3, 0.4) is 0 Å². The molecule has 0 atom stereocenters. The number of hydrazone groups is 1. The highest BCUT2D eigenvalue weighted by Gasteiger charge is 2.09. The van der Waals surface area contributed by atoms with Crippen LogP contribution in [0, 0.1) is 0 Å². The van der Waals surface area contributed by atoms with Gasteiger partial charge < -0.3 is 19.5 Å². The topological polar surface area (TPSA) is 98.2 Å². The Kier molecular flexibility index (Phi) is 10.1. The van der Waals surface area contributed by atoms with E-state index < -0.39 is 5.91 Å². The monoisotopic (exact) mass is 509 g/mol. The fourth-order valence-corrected chi connectivity index (χ4v) is 3.21. The number of halogens is 1. The van der Waals surface area contributed by atoms with E-state index in [2.05, 4.69) is 15.8 Å². The Morgan fingerprint density at radius 1 is 0.889 bits per heavy atom. The summed E-state index contributed by atoms with van der Waals surface area (Å²) in [6.07, 6.45) is 1.48. The van der Waals surface area contributed by atoms with Crippen LogP contribution in [-0.2, 0) is 11.4 Å². The van der Waals surface area contributed by atoms with Gasteiger partial charge in [-0.15, -0.1) is 0 Å². The zero-order valence-electron chi connectivity index (χ0n) is 20.1. The second-order valence-corrected chi connectivity index (χ2v) is 7.92. The Labute approximate surface area is 215 Å². The van der Waals surface area contributed by atoms with Crippen molar-refractivity contribution in [3.05, 3.63) is 88.4 Å². The summed E-state index contributed by atoms with van der Waals surface area (Å²) in [6.45, 7) is 4.91. The lowest BCUT2D eigenvalue weighted by Crippen LogP contribution is -2.34. The maximum absolute atomic E-state index is 12.2. The third-order valence-corrected chi connectivity index (χ3v) is 5.07. The van der Waals surface area contributed by atoms with E-state index in [-0.39, 0.29) is 12.5 Å². The first-order chi connectivity index (χ1) is 17.5. The summed E-state index contributed by atoms with van der Waals surface area (Å²) in [5.74, 6) is 0.996. The number of benzene rings is 3. The summed E-state index contributed by atoms with van der Waals surface area (Å²) in [4.78, 5) is 24.3. The average Bonchev–Trinajstić information content (AvgIpc) is 2.88. The van der Waals surface area contributed by atoms with Gasteiger partial charge in [-0.05, 0) is 79.6 Å². The van der Waals surface area contributed by atoms with Gasteiger partial charge in [-0.25, -0.2) is 5.43 Å². The van der Waals surface area contributed by atoms with Gasteiger partial charge in [0.25, 0.3) is 11.8 Å². The quantitative estimate of drug-likeness (QED) is 0.275. The molecule has 0 aliphatic carbocycles. The van der Waals surface area contributed by atoms with E-state index in [0.717, 1.165) is 5.56 Å². The highest BCUT2D eigenvalue weighted by Crippen LogP contribution is 2.29. The zero-order chi connectivity index (χ0) is 25.8. The van der Waals surface area contributed by atoms with E-state index >= 15 is 0 Å². The molecule has 0 aliphatic rings. The number of hydrogen-bond donors (Lipinski definition) is 2. The first-order valence-corrected chi connectivity index (χ1v) is 11.8. The lowest BCUT2D eigenvalue weighted by atomic mass is 10.2. The van der Waals surface area contributed by atoms with E-state index in [4.69, 9.17) is 25.8 Å². The van der Waals surface area contributed by atoms with Crippen molar-refractivity contribution >= 4 is 29.6 Å². The second kappa shape index (κ2) is 13.7. The maximum atomic E-state index is 12.2.